The SMILES string of the molecule is Clc1ccc(Br)cc1OCc1cnns1. The molecule has 0 N–H and O–H groups in total. The van der Waals surface area contributed by atoms with Crippen LogP contribution < -0.4 is 4.74 Å². The van der Waals surface area contributed by atoms with E-state index in [1.165, 1.54) is 11.5 Å². The lowest BCUT2D eigenvalue weighted by molar-refractivity contribution is 0.309. The molecule has 0 bridgehead atoms. The Morgan fingerprint density at radius 3 is 3.07 bits per heavy atom. The largest absolute Gasteiger partial charge is 0.486 e. The zero-order valence-corrected chi connectivity index (χ0v) is 10.6. The maximum absolute atomic E-state index is 5.96. The van der Waals surface area contributed by atoms with Crippen molar-refractivity contribution in [2.45, 2.75) is 6.61 Å². The van der Waals surface area contributed by atoms with E-state index in [4.69, 9.17) is 16.3 Å². The van der Waals surface area contributed by atoms with Crippen molar-refractivity contribution in [1.82, 2.24) is 9.59 Å². The number of hydrogen-bond acceptors (Lipinski definition) is 4. The first-order valence-electron chi connectivity index (χ1n) is 4.10. The second-order valence-electron chi connectivity index (χ2n) is 2.75. The van der Waals surface area contributed by atoms with Crippen LogP contribution in [0.5, 0.6) is 5.75 Å². The maximum Gasteiger partial charge on any atom is 0.139 e. The summed E-state index contributed by atoms with van der Waals surface area (Å²) in [6, 6.07) is 5.48. The molecule has 15 heavy (non-hydrogen) atoms. The van der Waals surface area contributed by atoms with E-state index < -0.39 is 0 Å². The minimum atomic E-state index is 0.438. The zero-order chi connectivity index (χ0) is 10.7. The van der Waals surface area contributed by atoms with E-state index >= 15 is 0 Å². The van der Waals surface area contributed by atoms with Crippen LogP contribution in [-0.4, -0.2) is 9.59 Å². The summed E-state index contributed by atoms with van der Waals surface area (Å²) in [6.07, 6.45) is 1.68. The Labute approximate surface area is 104 Å². The van der Waals surface area contributed by atoms with Crippen LogP contribution in [0.15, 0.2) is 28.9 Å². The molecule has 1 aromatic carbocycles. The highest BCUT2D eigenvalue weighted by atomic mass is 79.9. The van der Waals surface area contributed by atoms with Crippen LogP contribution in [0.4, 0.5) is 0 Å². The number of ether oxygens (including phenoxy) is 1. The normalized spacial score (nSPS) is 10.3. The predicted molar refractivity (Wildman–Crippen MR) is 63.4 cm³/mol. The van der Waals surface area contributed by atoms with Crippen molar-refractivity contribution >= 4 is 39.1 Å². The molecule has 0 atom stereocenters. The Kier molecular flexibility index (Phi) is 3.56. The van der Waals surface area contributed by atoms with Crippen LogP contribution in [0, 0.1) is 0 Å². The van der Waals surface area contributed by atoms with Gasteiger partial charge in [0.1, 0.15) is 12.4 Å². The minimum absolute atomic E-state index is 0.438. The molecule has 0 amide bonds. The van der Waals surface area contributed by atoms with Crippen LogP contribution in [0.1, 0.15) is 4.88 Å². The van der Waals surface area contributed by atoms with Crippen molar-refractivity contribution in [3.05, 3.63) is 38.8 Å². The fourth-order valence-electron chi connectivity index (χ4n) is 0.988. The quantitative estimate of drug-likeness (QED) is 0.870. The van der Waals surface area contributed by atoms with Gasteiger partial charge in [0.15, 0.2) is 0 Å². The van der Waals surface area contributed by atoms with Gasteiger partial charge in [-0.05, 0) is 29.7 Å². The molecule has 0 saturated carbocycles. The topological polar surface area (TPSA) is 35.0 Å². The average Bonchev–Trinajstić information content (AvgIpc) is 2.72. The van der Waals surface area contributed by atoms with Crippen molar-refractivity contribution < 1.29 is 4.74 Å². The van der Waals surface area contributed by atoms with Crippen LogP contribution in [0.25, 0.3) is 0 Å². The van der Waals surface area contributed by atoms with Gasteiger partial charge < -0.3 is 4.74 Å². The lowest BCUT2D eigenvalue weighted by Gasteiger charge is -2.06. The fraction of sp³-hybridized carbons (Fsp3) is 0.111. The predicted octanol–water partition coefficient (Wildman–Crippen LogP) is 3.53. The number of nitrogens with zero attached hydrogens (tertiary/aromatic N) is 2. The number of benzene rings is 1. The Bertz CT molecular complexity index is 449. The van der Waals surface area contributed by atoms with Gasteiger partial charge in [0.2, 0.25) is 0 Å². The summed E-state index contributed by atoms with van der Waals surface area (Å²) in [7, 11) is 0. The molecule has 0 aliphatic rings. The second kappa shape index (κ2) is 4.92. The Morgan fingerprint density at radius 1 is 1.47 bits per heavy atom. The second-order valence-corrected chi connectivity index (χ2v) is 4.94. The summed E-state index contributed by atoms with van der Waals surface area (Å²) in [5.41, 5.74) is 0. The Morgan fingerprint density at radius 2 is 2.33 bits per heavy atom. The smallest absolute Gasteiger partial charge is 0.139 e. The van der Waals surface area contributed by atoms with Gasteiger partial charge in [0.25, 0.3) is 0 Å². The summed E-state index contributed by atoms with van der Waals surface area (Å²) < 4.78 is 10.2. The third-order valence-electron chi connectivity index (χ3n) is 1.67. The lowest BCUT2D eigenvalue weighted by Crippen LogP contribution is -1.93. The molecule has 2 rings (SSSR count). The van der Waals surface area contributed by atoms with E-state index in [9.17, 15) is 0 Å². The molecule has 78 valence electrons. The van der Waals surface area contributed by atoms with E-state index in [1.807, 2.05) is 12.1 Å². The molecule has 0 spiro atoms. The Balaban J connectivity index is 2.07. The van der Waals surface area contributed by atoms with E-state index in [1.54, 1.807) is 12.3 Å². The summed E-state index contributed by atoms with van der Waals surface area (Å²) in [5.74, 6) is 0.652. The summed E-state index contributed by atoms with van der Waals surface area (Å²) in [6.45, 7) is 0.438. The molecule has 0 fully saturated rings. The molecule has 0 unspecified atom stereocenters. The number of aromatic nitrogens is 2. The molecule has 0 radical (unpaired) electrons. The van der Waals surface area contributed by atoms with Gasteiger partial charge in [0.05, 0.1) is 16.1 Å². The standard InChI is InChI=1S/C9H6BrClN2OS/c10-6-1-2-8(11)9(3-6)14-5-7-4-12-13-15-7/h1-4H,5H2. The van der Waals surface area contributed by atoms with Gasteiger partial charge in [-0.2, -0.15) is 0 Å². The fourth-order valence-corrected chi connectivity index (χ4v) is 1.91. The minimum Gasteiger partial charge on any atom is -0.486 e. The molecule has 1 aromatic heterocycles. The molecular weight excluding hydrogens is 300 g/mol. The molecule has 0 aliphatic heterocycles. The zero-order valence-electron chi connectivity index (χ0n) is 7.48. The van der Waals surface area contributed by atoms with Crippen molar-refractivity contribution in [2.24, 2.45) is 0 Å². The van der Waals surface area contributed by atoms with Gasteiger partial charge in [-0.15, -0.1) is 5.10 Å². The Hall–Kier alpha value is -0.650. The maximum atomic E-state index is 5.96. The van der Waals surface area contributed by atoms with Crippen LogP contribution in [0.2, 0.25) is 5.02 Å². The summed E-state index contributed by atoms with van der Waals surface area (Å²) in [4.78, 5) is 0.964. The van der Waals surface area contributed by atoms with Gasteiger partial charge in [0, 0.05) is 4.47 Å². The third-order valence-corrected chi connectivity index (χ3v) is 3.11. The van der Waals surface area contributed by atoms with Crippen molar-refractivity contribution in [3.8, 4) is 5.75 Å². The van der Waals surface area contributed by atoms with Crippen molar-refractivity contribution in [3.63, 3.8) is 0 Å². The molecule has 1 heterocycles. The van der Waals surface area contributed by atoms with Crippen molar-refractivity contribution in [1.29, 1.82) is 0 Å². The molecule has 0 saturated heterocycles. The number of rotatable bonds is 3. The number of hydrogen-bond donors (Lipinski definition) is 0. The highest BCUT2D eigenvalue weighted by Gasteiger charge is 2.03. The third kappa shape index (κ3) is 2.90. The first-order valence-corrected chi connectivity index (χ1v) is 6.04. The van der Waals surface area contributed by atoms with Crippen molar-refractivity contribution in [2.75, 3.05) is 0 Å². The summed E-state index contributed by atoms with van der Waals surface area (Å²) >= 11 is 10.6. The highest BCUT2D eigenvalue weighted by Crippen LogP contribution is 2.28. The van der Waals surface area contributed by atoms with E-state index in [0.717, 1.165) is 9.35 Å². The van der Waals surface area contributed by atoms with E-state index in [-0.39, 0.29) is 0 Å². The average molecular weight is 306 g/mol. The van der Waals surface area contributed by atoms with E-state index in [2.05, 4.69) is 25.5 Å². The van der Waals surface area contributed by atoms with Gasteiger partial charge in [-0.1, -0.05) is 32.0 Å². The van der Waals surface area contributed by atoms with Crippen LogP contribution >= 0.6 is 39.1 Å². The van der Waals surface area contributed by atoms with Crippen LogP contribution in [-0.2, 0) is 6.61 Å². The summed E-state index contributed by atoms with van der Waals surface area (Å²) in [5, 5.41) is 4.31. The molecule has 3 nitrogen and oxygen atoms in total. The first kappa shape index (κ1) is 10.9. The van der Waals surface area contributed by atoms with Gasteiger partial charge >= 0.3 is 0 Å². The van der Waals surface area contributed by atoms with Crippen LogP contribution in [0.3, 0.4) is 0 Å². The first-order chi connectivity index (χ1) is 7.25. The monoisotopic (exact) mass is 304 g/mol. The molecule has 6 heteroatoms. The molecule has 0 aliphatic carbocycles. The van der Waals surface area contributed by atoms with Gasteiger partial charge in [-0.25, -0.2) is 0 Å². The van der Waals surface area contributed by atoms with E-state index in [0.29, 0.717) is 17.4 Å². The van der Waals surface area contributed by atoms with Gasteiger partial charge in [-0.3, -0.25) is 0 Å². The lowest BCUT2D eigenvalue weighted by atomic mass is 10.3. The number of halogens is 2. The molecule has 2 aromatic rings. The highest BCUT2D eigenvalue weighted by molar-refractivity contribution is 9.10. The molecular formula is C9H6BrClN2OS.